The summed E-state index contributed by atoms with van der Waals surface area (Å²) in [7, 11) is 0. The van der Waals surface area contributed by atoms with E-state index in [1.807, 2.05) is 0 Å². The first-order chi connectivity index (χ1) is 8.22. The minimum atomic E-state index is 0.743. The number of thioether (sulfide) groups is 1. The Morgan fingerprint density at radius 1 is 1.29 bits per heavy atom. The minimum absolute atomic E-state index is 0.743. The molecular formula is C14H29NOS. The fourth-order valence-electron chi connectivity index (χ4n) is 2.27. The third-order valence-corrected chi connectivity index (χ3v) is 4.54. The Labute approximate surface area is 111 Å². The van der Waals surface area contributed by atoms with Crippen LogP contribution in [0.4, 0.5) is 0 Å². The normalized spacial score (nSPS) is 24.7. The Balaban J connectivity index is 1.90. The van der Waals surface area contributed by atoms with Gasteiger partial charge < -0.3 is 10.1 Å². The molecule has 1 rings (SSSR count). The Kier molecular flexibility index (Phi) is 8.33. The summed E-state index contributed by atoms with van der Waals surface area (Å²) in [6.45, 7) is 9.55. The van der Waals surface area contributed by atoms with Crippen molar-refractivity contribution in [2.45, 2.75) is 57.7 Å². The molecule has 2 atom stereocenters. The second kappa shape index (κ2) is 9.23. The molecule has 0 aromatic carbocycles. The second-order valence-electron chi connectivity index (χ2n) is 5.34. The van der Waals surface area contributed by atoms with Crippen molar-refractivity contribution in [1.82, 2.24) is 5.32 Å². The summed E-state index contributed by atoms with van der Waals surface area (Å²) in [5.41, 5.74) is 0. The molecule has 0 saturated heterocycles. The summed E-state index contributed by atoms with van der Waals surface area (Å²) < 4.78 is 5.61. The largest absolute Gasteiger partial charge is 0.380 e. The van der Waals surface area contributed by atoms with E-state index in [-0.39, 0.29) is 0 Å². The molecule has 0 amide bonds. The van der Waals surface area contributed by atoms with Crippen LogP contribution in [-0.4, -0.2) is 36.8 Å². The van der Waals surface area contributed by atoms with E-state index in [1.54, 1.807) is 0 Å². The number of rotatable bonds is 9. The fourth-order valence-corrected chi connectivity index (χ4v) is 3.41. The van der Waals surface area contributed by atoms with Gasteiger partial charge in [-0.15, -0.1) is 0 Å². The van der Waals surface area contributed by atoms with Gasteiger partial charge in [-0.05, 0) is 37.4 Å². The molecular weight excluding hydrogens is 230 g/mol. The van der Waals surface area contributed by atoms with Gasteiger partial charge in [-0.25, -0.2) is 0 Å². The lowest BCUT2D eigenvalue weighted by Crippen LogP contribution is -2.30. The molecule has 0 spiro atoms. The molecule has 0 aromatic rings. The lowest BCUT2D eigenvalue weighted by Gasteiger charge is -2.13. The third kappa shape index (κ3) is 7.32. The Bertz CT molecular complexity index is 187. The summed E-state index contributed by atoms with van der Waals surface area (Å²) >= 11 is 2.12. The number of hydrogen-bond donors (Lipinski definition) is 1. The van der Waals surface area contributed by atoms with Crippen LogP contribution in [0.5, 0.6) is 0 Å². The summed E-state index contributed by atoms with van der Waals surface area (Å²) in [6, 6.07) is 0.743. The zero-order valence-corrected chi connectivity index (χ0v) is 12.5. The highest BCUT2D eigenvalue weighted by Gasteiger charge is 2.23. The predicted octanol–water partition coefficient (Wildman–Crippen LogP) is 3.31. The standard InChI is InChI=1S/C14H29NOS/c1-4-17-14-6-5-13(11-14)15-8-10-16-9-7-12(2)3/h12-15H,4-11H2,1-3H3. The average molecular weight is 259 g/mol. The van der Waals surface area contributed by atoms with Crippen LogP contribution in [0.25, 0.3) is 0 Å². The number of hydrogen-bond acceptors (Lipinski definition) is 3. The maximum atomic E-state index is 5.61. The smallest absolute Gasteiger partial charge is 0.0591 e. The van der Waals surface area contributed by atoms with E-state index in [1.165, 1.54) is 31.4 Å². The van der Waals surface area contributed by atoms with Gasteiger partial charge in [-0.1, -0.05) is 20.8 Å². The van der Waals surface area contributed by atoms with E-state index in [2.05, 4.69) is 37.8 Å². The molecule has 3 heteroatoms. The first-order valence-corrected chi connectivity index (χ1v) is 8.20. The highest BCUT2D eigenvalue weighted by atomic mass is 32.2. The maximum Gasteiger partial charge on any atom is 0.0591 e. The number of ether oxygens (including phenoxy) is 1. The average Bonchev–Trinajstić information content (AvgIpc) is 2.71. The molecule has 0 aliphatic heterocycles. The van der Waals surface area contributed by atoms with Crippen molar-refractivity contribution >= 4 is 11.8 Å². The fraction of sp³-hybridized carbons (Fsp3) is 1.00. The zero-order valence-electron chi connectivity index (χ0n) is 11.7. The molecule has 102 valence electrons. The van der Waals surface area contributed by atoms with Crippen LogP contribution in [0.2, 0.25) is 0 Å². The van der Waals surface area contributed by atoms with Crippen molar-refractivity contribution in [3.63, 3.8) is 0 Å². The van der Waals surface area contributed by atoms with Gasteiger partial charge >= 0.3 is 0 Å². The van der Waals surface area contributed by atoms with Crippen LogP contribution in [0, 0.1) is 5.92 Å². The van der Waals surface area contributed by atoms with Gasteiger partial charge in [-0.2, -0.15) is 11.8 Å². The van der Waals surface area contributed by atoms with E-state index in [0.29, 0.717) is 0 Å². The molecule has 2 unspecified atom stereocenters. The van der Waals surface area contributed by atoms with Gasteiger partial charge in [0.05, 0.1) is 6.61 Å². The molecule has 17 heavy (non-hydrogen) atoms. The molecule has 1 fully saturated rings. The van der Waals surface area contributed by atoms with Gasteiger partial charge in [-0.3, -0.25) is 0 Å². The highest BCUT2D eigenvalue weighted by Crippen LogP contribution is 2.29. The maximum absolute atomic E-state index is 5.61. The van der Waals surface area contributed by atoms with Crippen molar-refractivity contribution in [2.75, 3.05) is 25.5 Å². The molecule has 1 aliphatic carbocycles. The van der Waals surface area contributed by atoms with E-state index in [9.17, 15) is 0 Å². The lowest BCUT2D eigenvalue weighted by molar-refractivity contribution is 0.123. The summed E-state index contributed by atoms with van der Waals surface area (Å²) in [6.07, 6.45) is 5.27. The van der Waals surface area contributed by atoms with Gasteiger partial charge in [0.2, 0.25) is 0 Å². The van der Waals surface area contributed by atoms with Gasteiger partial charge in [0.1, 0.15) is 0 Å². The van der Waals surface area contributed by atoms with E-state index in [0.717, 1.165) is 37.0 Å². The second-order valence-corrected chi connectivity index (χ2v) is 6.91. The van der Waals surface area contributed by atoms with Gasteiger partial charge in [0.15, 0.2) is 0 Å². The Morgan fingerprint density at radius 2 is 2.12 bits per heavy atom. The molecule has 0 heterocycles. The zero-order chi connectivity index (χ0) is 12.5. The highest BCUT2D eigenvalue weighted by molar-refractivity contribution is 7.99. The van der Waals surface area contributed by atoms with E-state index < -0.39 is 0 Å². The summed E-state index contributed by atoms with van der Waals surface area (Å²) in [5, 5.41) is 4.52. The van der Waals surface area contributed by atoms with Crippen molar-refractivity contribution < 1.29 is 4.74 Å². The Morgan fingerprint density at radius 3 is 2.82 bits per heavy atom. The van der Waals surface area contributed by atoms with Crippen LogP contribution in [0.15, 0.2) is 0 Å². The van der Waals surface area contributed by atoms with Crippen molar-refractivity contribution in [1.29, 1.82) is 0 Å². The van der Waals surface area contributed by atoms with Crippen molar-refractivity contribution in [2.24, 2.45) is 5.92 Å². The topological polar surface area (TPSA) is 21.3 Å². The minimum Gasteiger partial charge on any atom is -0.380 e. The molecule has 0 bridgehead atoms. The van der Waals surface area contributed by atoms with E-state index >= 15 is 0 Å². The first kappa shape index (κ1) is 15.3. The van der Waals surface area contributed by atoms with Crippen LogP contribution in [-0.2, 0) is 4.74 Å². The van der Waals surface area contributed by atoms with Crippen LogP contribution < -0.4 is 5.32 Å². The van der Waals surface area contributed by atoms with Crippen LogP contribution in [0.1, 0.15) is 46.5 Å². The molecule has 0 aromatic heterocycles. The number of nitrogens with one attached hydrogen (secondary N) is 1. The monoisotopic (exact) mass is 259 g/mol. The first-order valence-electron chi connectivity index (χ1n) is 7.15. The van der Waals surface area contributed by atoms with Gasteiger partial charge in [0.25, 0.3) is 0 Å². The SMILES string of the molecule is CCSC1CCC(NCCOCCC(C)C)C1. The molecule has 1 saturated carbocycles. The molecule has 0 radical (unpaired) electrons. The molecule has 2 nitrogen and oxygen atoms in total. The lowest BCUT2D eigenvalue weighted by atomic mass is 10.1. The molecule has 1 N–H and O–H groups in total. The summed E-state index contributed by atoms with van der Waals surface area (Å²) in [5.74, 6) is 2.01. The quantitative estimate of drug-likeness (QED) is 0.642. The van der Waals surface area contributed by atoms with Crippen molar-refractivity contribution in [3.8, 4) is 0 Å². The Hall–Kier alpha value is 0.270. The van der Waals surface area contributed by atoms with Gasteiger partial charge in [0, 0.05) is 24.4 Å². The predicted molar refractivity (Wildman–Crippen MR) is 77.8 cm³/mol. The van der Waals surface area contributed by atoms with Crippen molar-refractivity contribution in [3.05, 3.63) is 0 Å². The summed E-state index contributed by atoms with van der Waals surface area (Å²) in [4.78, 5) is 0. The van der Waals surface area contributed by atoms with E-state index in [4.69, 9.17) is 4.74 Å². The van der Waals surface area contributed by atoms with Crippen LogP contribution in [0.3, 0.4) is 0 Å². The molecule has 1 aliphatic rings. The third-order valence-electron chi connectivity index (χ3n) is 3.31. The van der Waals surface area contributed by atoms with Crippen LogP contribution >= 0.6 is 11.8 Å².